The average Bonchev–Trinajstić information content (AvgIpc) is 2.87. The zero-order valence-corrected chi connectivity index (χ0v) is 12.5. The van der Waals surface area contributed by atoms with Crippen molar-refractivity contribution >= 4 is 17.6 Å². The molecule has 1 N–H and O–H groups in total. The maximum absolute atomic E-state index is 14.3. The zero-order valence-electron chi connectivity index (χ0n) is 12.5. The van der Waals surface area contributed by atoms with Crippen molar-refractivity contribution in [1.29, 1.82) is 5.26 Å². The molecule has 0 saturated heterocycles. The fourth-order valence-electron chi connectivity index (χ4n) is 2.72. The van der Waals surface area contributed by atoms with Gasteiger partial charge >= 0.3 is 5.97 Å². The maximum atomic E-state index is 14.3. The van der Waals surface area contributed by atoms with E-state index in [9.17, 15) is 19.2 Å². The number of carboxylic acids is 1. The summed E-state index contributed by atoms with van der Waals surface area (Å²) in [5, 5.41) is 18.6. The second kappa shape index (κ2) is 5.66. The van der Waals surface area contributed by atoms with Gasteiger partial charge < -0.3 is 9.84 Å². The Morgan fingerprint density at radius 3 is 2.75 bits per heavy atom. The summed E-state index contributed by atoms with van der Waals surface area (Å²) in [4.78, 5) is 24.8. The number of hydrogen-bond donors (Lipinski definition) is 1. The first-order chi connectivity index (χ1) is 11.5. The van der Waals surface area contributed by atoms with Crippen LogP contribution in [0.1, 0.15) is 32.3 Å². The SMILES string of the molecule is COc1cc(F)c2c(c1)C(C#N)N(c1cccc(C(=O)O)c1)C2=O. The molecule has 0 saturated carbocycles. The van der Waals surface area contributed by atoms with E-state index < -0.39 is 23.7 Å². The van der Waals surface area contributed by atoms with Crippen LogP contribution in [0.2, 0.25) is 0 Å². The van der Waals surface area contributed by atoms with Crippen molar-refractivity contribution in [3.05, 3.63) is 58.9 Å². The number of anilines is 1. The van der Waals surface area contributed by atoms with E-state index in [1.807, 2.05) is 6.07 Å². The Balaban J connectivity index is 2.16. The third kappa shape index (κ3) is 2.25. The van der Waals surface area contributed by atoms with Crippen molar-refractivity contribution < 1.29 is 23.8 Å². The molecule has 0 aliphatic carbocycles. The van der Waals surface area contributed by atoms with Crippen LogP contribution in [-0.2, 0) is 0 Å². The molecule has 2 aromatic carbocycles. The molecule has 1 atom stereocenters. The first-order valence-electron chi connectivity index (χ1n) is 6.92. The van der Waals surface area contributed by atoms with Crippen molar-refractivity contribution in [2.24, 2.45) is 0 Å². The number of carbonyl (C=O) groups excluding carboxylic acids is 1. The molecule has 2 aromatic rings. The summed E-state index contributed by atoms with van der Waals surface area (Å²) in [6.07, 6.45) is 0. The van der Waals surface area contributed by atoms with E-state index in [0.717, 1.165) is 11.0 Å². The van der Waals surface area contributed by atoms with Crippen molar-refractivity contribution in [3.8, 4) is 11.8 Å². The zero-order chi connectivity index (χ0) is 17.4. The minimum atomic E-state index is -1.16. The van der Waals surface area contributed by atoms with Crippen LogP contribution >= 0.6 is 0 Å². The number of aromatic carboxylic acids is 1. The molecule has 24 heavy (non-hydrogen) atoms. The molecule has 0 spiro atoms. The first kappa shape index (κ1) is 15.5. The van der Waals surface area contributed by atoms with Crippen LogP contribution in [0, 0.1) is 17.1 Å². The van der Waals surface area contributed by atoms with Gasteiger partial charge in [0.05, 0.1) is 24.3 Å². The number of rotatable bonds is 3. The molecule has 1 aliphatic rings. The van der Waals surface area contributed by atoms with Crippen molar-refractivity contribution in [2.75, 3.05) is 12.0 Å². The highest BCUT2D eigenvalue weighted by molar-refractivity contribution is 6.12. The van der Waals surface area contributed by atoms with Crippen molar-refractivity contribution in [3.63, 3.8) is 0 Å². The number of halogens is 1. The molecular formula is C17H11FN2O4. The van der Waals surface area contributed by atoms with Gasteiger partial charge in [-0.05, 0) is 24.3 Å². The summed E-state index contributed by atoms with van der Waals surface area (Å²) in [7, 11) is 1.35. The van der Waals surface area contributed by atoms with E-state index in [0.29, 0.717) is 0 Å². The van der Waals surface area contributed by atoms with Crippen LogP contribution in [0.3, 0.4) is 0 Å². The van der Waals surface area contributed by atoms with Crippen LogP contribution in [0.5, 0.6) is 5.75 Å². The number of benzene rings is 2. The van der Waals surface area contributed by atoms with Gasteiger partial charge in [-0.25, -0.2) is 9.18 Å². The van der Waals surface area contributed by atoms with Gasteiger partial charge in [-0.15, -0.1) is 0 Å². The number of methoxy groups -OCH3 is 1. The van der Waals surface area contributed by atoms with E-state index in [1.165, 1.54) is 37.4 Å². The number of ether oxygens (including phenoxy) is 1. The lowest BCUT2D eigenvalue weighted by molar-refractivity contribution is 0.0696. The summed E-state index contributed by atoms with van der Waals surface area (Å²) >= 11 is 0. The van der Waals surface area contributed by atoms with Gasteiger partial charge in [0.1, 0.15) is 11.6 Å². The third-order valence-electron chi connectivity index (χ3n) is 3.81. The highest BCUT2D eigenvalue weighted by Gasteiger charge is 2.40. The molecule has 3 rings (SSSR count). The quantitative estimate of drug-likeness (QED) is 0.936. The van der Waals surface area contributed by atoms with E-state index in [2.05, 4.69) is 0 Å². The Kier molecular flexibility index (Phi) is 3.66. The van der Waals surface area contributed by atoms with Gasteiger partial charge in [-0.3, -0.25) is 9.69 Å². The van der Waals surface area contributed by atoms with E-state index in [1.54, 1.807) is 0 Å². The molecule has 6 nitrogen and oxygen atoms in total. The highest BCUT2D eigenvalue weighted by atomic mass is 19.1. The Hall–Kier alpha value is -3.40. The second-order valence-electron chi connectivity index (χ2n) is 5.14. The van der Waals surface area contributed by atoms with Gasteiger partial charge in [0, 0.05) is 17.3 Å². The number of fused-ring (bicyclic) bond motifs is 1. The third-order valence-corrected chi connectivity index (χ3v) is 3.81. The summed E-state index contributed by atoms with van der Waals surface area (Å²) in [6.45, 7) is 0. The monoisotopic (exact) mass is 326 g/mol. The van der Waals surface area contributed by atoms with E-state index >= 15 is 0 Å². The lowest BCUT2D eigenvalue weighted by atomic mass is 10.0. The molecular weight excluding hydrogens is 315 g/mol. The van der Waals surface area contributed by atoms with Gasteiger partial charge in [-0.2, -0.15) is 5.26 Å². The first-order valence-corrected chi connectivity index (χ1v) is 6.92. The largest absolute Gasteiger partial charge is 0.497 e. The van der Waals surface area contributed by atoms with Crippen molar-refractivity contribution in [2.45, 2.75) is 6.04 Å². The topological polar surface area (TPSA) is 90.6 Å². The Labute approximate surface area is 136 Å². The normalized spacial score (nSPS) is 15.8. The predicted octanol–water partition coefficient (Wildman–Crippen LogP) is 2.76. The fraction of sp³-hybridized carbons (Fsp3) is 0.118. The van der Waals surface area contributed by atoms with E-state index in [-0.39, 0.29) is 28.1 Å². The van der Waals surface area contributed by atoms with Crippen LogP contribution in [-0.4, -0.2) is 24.1 Å². The fourth-order valence-corrected chi connectivity index (χ4v) is 2.72. The summed E-state index contributed by atoms with van der Waals surface area (Å²) in [5.41, 5.74) is 0.162. The smallest absolute Gasteiger partial charge is 0.335 e. The van der Waals surface area contributed by atoms with Crippen LogP contribution in [0.25, 0.3) is 0 Å². The molecule has 1 aliphatic heterocycles. The minimum Gasteiger partial charge on any atom is -0.497 e. The minimum absolute atomic E-state index is 0.0361. The molecule has 0 fully saturated rings. The molecule has 1 heterocycles. The molecule has 1 unspecified atom stereocenters. The Morgan fingerprint density at radius 1 is 1.38 bits per heavy atom. The molecule has 1 amide bonds. The summed E-state index contributed by atoms with van der Waals surface area (Å²) in [6, 6.07) is 8.99. The lowest BCUT2D eigenvalue weighted by Crippen LogP contribution is -2.27. The van der Waals surface area contributed by atoms with Gasteiger partial charge in [0.2, 0.25) is 0 Å². The Morgan fingerprint density at radius 2 is 2.12 bits per heavy atom. The summed E-state index contributed by atoms with van der Waals surface area (Å²) < 4.78 is 19.2. The standard InChI is InChI=1S/C17H11FN2O4/c1-24-11-6-12-14(8-19)20(16(21)15(12)13(18)7-11)10-4-2-3-9(5-10)17(22)23/h2-7,14H,1H3,(H,22,23). The lowest BCUT2D eigenvalue weighted by Gasteiger charge is -2.20. The van der Waals surface area contributed by atoms with E-state index in [4.69, 9.17) is 9.84 Å². The van der Waals surface area contributed by atoms with Crippen molar-refractivity contribution in [1.82, 2.24) is 0 Å². The Bertz CT molecular complexity index is 904. The number of amides is 1. The number of nitrogens with zero attached hydrogens (tertiary/aromatic N) is 2. The second-order valence-corrected chi connectivity index (χ2v) is 5.14. The molecule has 0 aromatic heterocycles. The van der Waals surface area contributed by atoms with Crippen LogP contribution in [0.4, 0.5) is 10.1 Å². The van der Waals surface area contributed by atoms with Crippen LogP contribution < -0.4 is 9.64 Å². The molecule has 7 heteroatoms. The maximum Gasteiger partial charge on any atom is 0.335 e. The molecule has 0 bridgehead atoms. The predicted molar refractivity (Wildman–Crippen MR) is 81.5 cm³/mol. The average molecular weight is 326 g/mol. The number of carboxylic acid groups (broad SMARTS) is 1. The number of nitriles is 1. The molecule has 120 valence electrons. The number of carbonyl (C=O) groups is 2. The highest BCUT2D eigenvalue weighted by Crippen LogP contribution is 2.40. The summed E-state index contributed by atoms with van der Waals surface area (Å²) in [5.74, 6) is -2.45. The van der Waals surface area contributed by atoms with Gasteiger partial charge in [0.15, 0.2) is 6.04 Å². The number of hydrogen-bond acceptors (Lipinski definition) is 4. The van der Waals surface area contributed by atoms with Crippen LogP contribution in [0.15, 0.2) is 36.4 Å². The van der Waals surface area contributed by atoms with Gasteiger partial charge in [0.25, 0.3) is 5.91 Å². The van der Waals surface area contributed by atoms with Gasteiger partial charge in [-0.1, -0.05) is 6.07 Å². The molecule has 0 radical (unpaired) electrons.